The van der Waals surface area contributed by atoms with Crippen molar-refractivity contribution in [1.82, 2.24) is 4.98 Å². The van der Waals surface area contributed by atoms with Gasteiger partial charge in [-0.05, 0) is 12.1 Å². The summed E-state index contributed by atoms with van der Waals surface area (Å²) in [5, 5.41) is 2.60. The number of aromatic nitrogens is 1. The van der Waals surface area contributed by atoms with E-state index >= 15 is 0 Å². The molecule has 1 atom stereocenters. The maximum Gasteiger partial charge on any atom is 0.301 e. The van der Waals surface area contributed by atoms with Gasteiger partial charge in [0.2, 0.25) is 0 Å². The van der Waals surface area contributed by atoms with Gasteiger partial charge in [0.15, 0.2) is 0 Å². The first-order valence-corrected chi connectivity index (χ1v) is 7.03. The zero-order chi connectivity index (χ0) is 10.8. The molecule has 0 fully saturated rings. The van der Waals surface area contributed by atoms with E-state index in [2.05, 4.69) is 4.98 Å². The lowest BCUT2D eigenvalue weighted by Crippen LogP contribution is -1.95. The number of rotatable bonds is 2. The largest absolute Gasteiger partial charge is 0.610 e. The molecule has 5 heteroatoms. The summed E-state index contributed by atoms with van der Waals surface area (Å²) in [6.07, 6.45) is 1.63. The fraction of sp³-hybridized carbons (Fsp3) is 0.100. The van der Waals surface area contributed by atoms with Gasteiger partial charge in [0.1, 0.15) is 6.26 Å². The van der Waals surface area contributed by atoms with Crippen molar-refractivity contribution in [2.75, 3.05) is 6.26 Å². The molecular formula is C10H8ClNOS2. The molecule has 2 nitrogen and oxygen atoms in total. The Morgan fingerprint density at radius 3 is 2.53 bits per heavy atom. The highest BCUT2D eigenvalue weighted by molar-refractivity contribution is 7.92. The number of hydrogen-bond donors (Lipinski definition) is 0. The molecule has 15 heavy (non-hydrogen) atoms. The molecule has 0 saturated heterocycles. The maximum absolute atomic E-state index is 11.2. The summed E-state index contributed by atoms with van der Waals surface area (Å²) >= 11 is 6.20. The second-order valence-corrected chi connectivity index (χ2v) is 5.81. The van der Waals surface area contributed by atoms with Gasteiger partial charge >= 0.3 is 4.34 Å². The van der Waals surface area contributed by atoms with Crippen LogP contribution in [-0.4, -0.2) is 15.8 Å². The highest BCUT2D eigenvalue weighted by atomic mass is 35.5. The lowest BCUT2D eigenvalue weighted by Gasteiger charge is -1.97. The first-order valence-electron chi connectivity index (χ1n) is 4.22. The third kappa shape index (κ3) is 2.52. The van der Waals surface area contributed by atoms with Crippen LogP contribution in [0.2, 0.25) is 5.02 Å². The number of hydrogen-bond acceptors (Lipinski definition) is 3. The van der Waals surface area contributed by atoms with Crippen LogP contribution in [0.3, 0.4) is 0 Å². The van der Waals surface area contributed by atoms with Crippen LogP contribution < -0.4 is 0 Å². The molecule has 0 saturated carbocycles. The van der Waals surface area contributed by atoms with Gasteiger partial charge < -0.3 is 4.55 Å². The van der Waals surface area contributed by atoms with Crippen molar-refractivity contribution >= 4 is 34.1 Å². The normalized spacial score (nSPS) is 12.7. The monoisotopic (exact) mass is 257 g/mol. The number of halogens is 1. The fourth-order valence-corrected chi connectivity index (χ4v) is 2.73. The molecule has 1 aromatic carbocycles. The minimum atomic E-state index is -1.00. The van der Waals surface area contributed by atoms with Crippen LogP contribution in [0.4, 0.5) is 0 Å². The minimum absolute atomic E-state index is 0.653. The summed E-state index contributed by atoms with van der Waals surface area (Å²) in [5.74, 6) is 0. The Hall–Kier alpha value is -0.550. The van der Waals surface area contributed by atoms with Crippen molar-refractivity contribution < 1.29 is 4.55 Å². The van der Waals surface area contributed by atoms with E-state index < -0.39 is 11.2 Å². The van der Waals surface area contributed by atoms with Gasteiger partial charge in [-0.2, -0.15) is 4.98 Å². The van der Waals surface area contributed by atoms with Crippen LogP contribution >= 0.6 is 22.9 Å². The first-order chi connectivity index (χ1) is 7.16. The molecule has 0 spiro atoms. The molecule has 0 aliphatic rings. The lowest BCUT2D eigenvalue weighted by molar-refractivity contribution is 0.600. The highest BCUT2D eigenvalue weighted by Gasteiger charge is 2.11. The van der Waals surface area contributed by atoms with Gasteiger partial charge in [0.05, 0.1) is 5.69 Å². The third-order valence-electron chi connectivity index (χ3n) is 1.87. The molecule has 0 amide bonds. The summed E-state index contributed by atoms with van der Waals surface area (Å²) in [4.78, 5) is 4.28. The fourth-order valence-electron chi connectivity index (χ4n) is 1.14. The minimum Gasteiger partial charge on any atom is -0.610 e. The Morgan fingerprint density at radius 1 is 1.33 bits per heavy atom. The van der Waals surface area contributed by atoms with E-state index in [0.29, 0.717) is 9.36 Å². The predicted molar refractivity (Wildman–Crippen MR) is 64.9 cm³/mol. The number of thiazole rings is 1. The van der Waals surface area contributed by atoms with E-state index in [9.17, 15) is 4.55 Å². The maximum atomic E-state index is 11.2. The van der Waals surface area contributed by atoms with E-state index in [1.165, 1.54) is 11.3 Å². The molecule has 0 N–H and O–H groups in total. The average Bonchev–Trinajstić information content (AvgIpc) is 2.68. The molecule has 0 radical (unpaired) electrons. The van der Waals surface area contributed by atoms with E-state index in [1.807, 2.05) is 29.6 Å². The molecule has 1 unspecified atom stereocenters. The van der Waals surface area contributed by atoms with Crippen LogP contribution in [0.5, 0.6) is 0 Å². The quantitative estimate of drug-likeness (QED) is 0.775. The summed E-state index contributed by atoms with van der Waals surface area (Å²) in [5.41, 5.74) is 1.84. The molecule has 0 aliphatic heterocycles. The van der Waals surface area contributed by atoms with Crippen molar-refractivity contribution in [3.63, 3.8) is 0 Å². The van der Waals surface area contributed by atoms with Crippen molar-refractivity contribution in [3.05, 3.63) is 34.7 Å². The number of benzene rings is 1. The zero-order valence-corrected chi connectivity index (χ0v) is 10.3. The van der Waals surface area contributed by atoms with Gasteiger partial charge in [-0.15, -0.1) is 0 Å². The molecule has 78 valence electrons. The Labute approximate surface area is 100 Å². The Morgan fingerprint density at radius 2 is 2.00 bits per heavy atom. The summed E-state index contributed by atoms with van der Waals surface area (Å²) < 4.78 is 11.8. The van der Waals surface area contributed by atoms with Crippen LogP contribution in [0.1, 0.15) is 0 Å². The van der Waals surface area contributed by atoms with Crippen LogP contribution in [0.25, 0.3) is 11.3 Å². The molecule has 2 aromatic rings. The van der Waals surface area contributed by atoms with Crippen LogP contribution in [-0.2, 0) is 11.2 Å². The average molecular weight is 258 g/mol. The van der Waals surface area contributed by atoms with Gasteiger partial charge in [0.25, 0.3) is 0 Å². The summed E-state index contributed by atoms with van der Waals surface area (Å²) in [6, 6.07) is 7.44. The van der Waals surface area contributed by atoms with E-state index in [-0.39, 0.29) is 0 Å². The van der Waals surface area contributed by atoms with Crippen molar-refractivity contribution in [2.45, 2.75) is 4.34 Å². The van der Waals surface area contributed by atoms with Gasteiger partial charge in [-0.25, -0.2) is 0 Å². The number of nitrogens with zero attached hydrogens (tertiary/aromatic N) is 1. The van der Waals surface area contributed by atoms with Crippen LogP contribution in [0, 0.1) is 0 Å². The molecule has 0 bridgehead atoms. The summed E-state index contributed by atoms with van der Waals surface area (Å²) in [7, 11) is 0. The van der Waals surface area contributed by atoms with Gasteiger partial charge in [0, 0.05) is 27.1 Å². The van der Waals surface area contributed by atoms with Crippen molar-refractivity contribution in [2.24, 2.45) is 0 Å². The molecule has 1 heterocycles. The predicted octanol–water partition coefficient (Wildman–Crippen LogP) is 3.20. The molecule has 2 rings (SSSR count). The standard InChI is InChI=1S/C10H8ClNOS2/c1-15(13)10-12-9(6-14-10)7-2-4-8(11)5-3-7/h2-6H,1H3. The first kappa shape index (κ1) is 11.0. The molecular weight excluding hydrogens is 250 g/mol. The Kier molecular flexibility index (Phi) is 3.31. The SMILES string of the molecule is C[S+]([O-])c1nc(-c2ccc(Cl)cc2)cs1. The van der Waals surface area contributed by atoms with Gasteiger partial charge in [-0.3, -0.25) is 0 Å². The molecule has 1 aromatic heterocycles. The summed E-state index contributed by atoms with van der Waals surface area (Å²) in [6.45, 7) is 0. The highest BCUT2D eigenvalue weighted by Crippen LogP contribution is 2.25. The smallest absolute Gasteiger partial charge is 0.301 e. The van der Waals surface area contributed by atoms with E-state index in [4.69, 9.17) is 11.6 Å². The van der Waals surface area contributed by atoms with E-state index in [0.717, 1.165) is 11.3 Å². The second kappa shape index (κ2) is 4.53. The molecule has 0 aliphatic carbocycles. The van der Waals surface area contributed by atoms with Crippen LogP contribution in [0.15, 0.2) is 34.0 Å². The topological polar surface area (TPSA) is 36.0 Å². The van der Waals surface area contributed by atoms with Crippen molar-refractivity contribution in [1.29, 1.82) is 0 Å². The second-order valence-electron chi connectivity index (χ2n) is 2.96. The zero-order valence-electron chi connectivity index (χ0n) is 7.94. The lowest BCUT2D eigenvalue weighted by atomic mass is 10.2. The Balaban J connectivity index is 2.33. The third-order valence-corrected chi connectivity index (χ3v) is 4.33. The van der Waals surface area contributed by atoms with Gasteiger partial charge in [-0.1, -0.05) is 35.1 Å². The van der Waals surface area contributed by atoms with E-state index in [1.54, 1.807) is 6.26 Å². The Bertz CT molecular complexity index is 453. The van der Waals surface area contributed by atoms with Crippen molar-refractivity contribution in [3.8, 4) is 11.3 Å².